The minimum Gasteiger partial charge on any atom is -0.150 e. The molecule has 47 valence electrons. The molecule has 0 saturated carbocycles. The van der Waals surface area contributed by atoms with Crippen molar-refractivity contribution in [1.82, 2.24) is 10.2 Å². The lowest BCUT2D eigenvalue weighted by Crippen LogP contribution is -1.97. The second-order valence-electron chi connectivity index (χ2n) is 2.10. The number of hydrogen-bond acceptors (Lipinski definition) is 3. The van der Waals surface area contributed by atoms with Crippen molar-refractivity contribution < 1.29 is 0 Å². The smallest absolute Gasteiger partial charge is 0.119 e. The summed E-state index contributed by atoms with van der Waals surface area (Å²) in [6.45, 7) is 4.21. The SMILES string of the molecule is CC(C)c1nnc([Si])s1. The Bertz CT molecular complexity index is 197. The van der Waals surface area contributed by atoms with Gasteiger partial charge in [-0.3, -0.25) is 0 Å². The molecule has 0 bridgehead atoms. The highest BCUT2D eigenvalue weighted by atomic mass is 32.1. The highest BCUT2D eigenvalue weighted by Crippen LogP contribution is 2.12. The second-order valence-corrected chi connectivity index (χ2v) is 3.95. The fraction of sp³-hybridized carbons (Fsp3) is 0.600. The second kappa shape index (κ2) is 2.58. The molecule has 9 heavy (non-hydrogen) atoms. The van der Waals surface area contributed by atoms with Crippen LogP contribution in [0.2, 0.25) is 0 Å². The van der Waals surface area contributed by atoms with Crippen molar-refractivity contribution in [1.29, 1.82) is 0 Å². The largest absolute Gasteiger partial charge is 0.150 e. The van der Waals surface area contributed by atoms with Gasteiger partial charge >= 0.3 is 0 Å². The lowest BCUT2D eigenvalue weighted by molar-refractivity contribution is 0.826. The van der Waals surface area contributed by atoms with Crippen LogP contribution >= 0.6 is 11.3 Å². The summed E-state index contributed by atoms with van der Waals surface area (Å²) in [6, 6.07) is 0. The Morgan fingerprint density at radius 3 is 2.33 bits per heavy atom. The maximum absolute atomic E-state index is 3.94. The van der Waals surface area contributed by atoms with Crippen LogP contribution < -0.4 is 4.63 Å². The monoisotopic (exact) mass is 155 g/mol. The van der Waals surface area contributed by atoms with Crippen LogP contribution in [0.5, 0.6) is 0 Å². The van der Waals surface area contributed by atoms with Crippen molar-refractivity contribution in [2.24, 2.45) is 0 Å². The van der Waals surface area contributed by atoms with Gasteiger partial charge in [0.15, 0.2) is 0 Å². The van der Waals surface area contributed by atoms with Gasteiger partial charge in [-0.2, -0.15) is 0 Å². The highest BCUT2D eigenvalue weighted by Gasteiger charge is 2.02. The van der Waals surface area contributed by atoms with E-state index in [2.05, 4.69) is 34.3 Å². The summed E-state index contributed by atoms with van der Waals surface area (Å²) in [4.78, 5) is 0. The quantitative estimate of drug-likeness (QED) is 0.550. The minimum absolute atomic E-state index is 0.493. The van der Waals surface area contributed by atoms with Gasteiger partial charge in [0.1, 0.15) is 15.3 Å². The molecule has 1 aromatic heterocycles. The van der Waals surface area contributed by atoms with Crippen LogP contribution in [-0.2, 0) is 0 Å². The Kier molecular flexibility index (Phi) is 1.97. The molecule has 1 rings (SSSR count). The van der Waals surface area contributed by atoms with E-state index in [1.54, 1.807) is 11.3 Å². The molecule has 0 fully saturated rings. The minimum atomic E-state index is 0.493. The van der Waals surface area contributed by atoms with Gasteiger partial charge in [0.25, 0.3) is 0 Å². The van der Waals surface area contributed by atoms with Crippen LogP contribution in [0.25, 0.3) is 0 Å². The molecule has 0 aliphatic carbocycles. The van der Waals surface area contributed by atoms with Crippen LogP contribution in [0.4, 0.5) is 0 Å². The van der Waals surface area contributed by atoms with Crippen LogP contribution in [0.15, 0.2) is 0 Å². The number of rotatable bonds is 1. The van der Waals surface area contributed by atoms with Gasteiger partial charge in [-0.1, -0.05) is 13.8 Å². The van der Waals surface area contributed by atoms with Crippen molar-refractivity contribution in [3.63, 3.8) is 0 Å². The average Bonchev–Trinajstić information content (AvgIpc) is 2.14. The molecule has 1 heterocycles. The Balaban J connectivity index is 2.85. The summed E-state index contributed by atoms with van der Waals surface area (Å²) in [5, 5.41) is 8.84. The lowest BCUT2D eigenvalue weighted by atomic mass is 10.2. The molecular formula is C5H7N2SSi. The fourth-order valence-electron chi connectivity index (χ4n) is 0.468. The molecule has 0 atom stereocenters. The molecule has 1 aromatic rings. The van der Waals surface area contributed by atoms with Crippen LogP contribution in [-0.4, -0.2) is 20.4 Å². The van der Waals surface area contributed by atoms with E-state index >= 15 is 0 Å². The maximum atomic E-state index is 3.94. The van der Waals surface area contributed by atoms with Gasteiger partial charge in [0.05, 0.1) is 4.63 Å². The highest BCUT2D eigenvalue weighted by molar-refractivity contribution is 7.19. The van der Waals surface area contributed by atoms with Gasteiger partial charge in [-0.15, -0.1) is 21.5 Å². The first-order valence-electron chi connectivity index (χ1n) is 2.75. The zero-order valence-corrected chi connectivity index (χ0v) is 7.20. The van der Waals surface area contributed by atoms with E-state index in [1.807, 2.05) is 0 Å². The van der Waals surface area contributed by atoms with Gasteiger partial charge in [-0.25, -0.2) is 0 Å². The summed E-state index contributed by atoms with van der Waals surface area (Å²) in [5.41, 5.74) is 0. The van der Waals surface area contributed by atoms with E-state index in [9.17, 15) is 0 Å². The first-order valence-corrected chi connectivity index (χ1v) is 4.07. The Morgan fingerprint density at radius 2 is 2.11 bits per heavy atom. The third kappa shape index (κ3) is 1.59. The van der Waals surface area contributed by atoms with Crippen molar-refractivity contribution >= 4 is 26.2 Å². The number of nitrogens with zero attached hydrogens (tertiary/aromatic N) is 2. The molecule has 0 aliphatic heterocycles. The van der Waals surface area contributed by atoms with E-state index < -0.39 is 0 Å². The summed E-state index contributed by atoms with van der Waals surface area (Å²) in [7, 11) is 3.29. The van der Waals surface area contributed by atoms with E-state index in [0.29, 0.717) is 5.92 Å². The van der Waals surface area contributed by atoms with Crippen LogP contribution in [0, 0.1) is 0 Å². The van der Waals surface area contributed by atoms with Crippen LogP contribution in [0.1, 0.15) is 24.8 Å². The summed E-state index contributed by atoms with van der Waals surface area (Å²) in [5.74, 6) is 0.493. The predicted octanol–water partition coefficient (Wildman–Crippen LogP) is 0.455. The van der Waals surface area contributed by atoms with Crippen LogP contribution in [0.3, 0.4) is 0 Å². The van der Waals surface area contributed by atoms with Crippen molar-refractivity contribution in [3.05, 3.63) is 5.01 Å². The van der Waals surface area contributed by atoms with E-state index in [4.69, 9.17) is 0 Å². The zero-order valence-electron chi connectivity index (χ0n) is 5.38. The average molecular weight is 155 g/mol. The molecular weight excluding hydrogens is 148 g/mol. The van der Waals surface area contributed by atoms with Gasteiger partial charge < -0.3 is 0 Å². The van der Waals surface area contributed by atoms with E-state index in [0.717, 1.165) is 9.64 Å². The molecule has 0 unspecified atom stereocenters. The molecule has 3 radical (unpaired) electrons. The van der Waals surface area contributed by atoms with Crippen molar-refractivity contribution in [3.8, 4) is 0 Å². The lowest BCUT2D eigenvalue weighted by Gasteiger charge is -1.92. The van der Waals surface area contributed by atoms with Crippen molar-refractivity contribution in [2.45, 2.75) is 19.8 Å². The Hall–Kier alpha value is -0.223. The Labute approximate surface area is 61.7 Å². The van der Waals surface area contributed by atoms with E-state index in [1.165, 1.54) is 0 Å². The van der Waals surface area contributed by atoms with Gasteiger partial charge in [-0.05, 0) is 0 Å². The maximum Gasteiger partial charge on any atom is 0.119 e. The summed E-state index contributed by atoms with van der Waals surface area (Å²) < 4.78 is 0.860. The fourth-order valence-corrected chi connectivity index (χ4v) is 1.43. The molecule has 2 nitrogen and oxygen atoms in total. The summed E-state index contributed by atoms with van der Waals surface area (Å²) >= 11 is 1.59. The molecule has 0 N–H and O–H groups in total. The predicted molar refractivity (Wildman–Crippen MR) is 39.4 cm³/mol. The molecule has 0 aliphatic rings. The molecule has 4 heteroatoms. The standard InChI is InChI=1S/C5H7N2SSi/c1-3(2)4-6-7-5(9)8-4/h3H,1-2H3. The van der Waals surface area contributed by atoms with Crippen molar-refractivity contribution in [2.75, 3.05) is 0 Å². The molecule has 0 spiro atoms. The topological polar surface area (TPSA) is 25.8 Å². The normalized spacial score (nSPS) is 10.7. The summed E-state index contributed by atoms with van der Waals surface area (Å²) in [6.07, 6.45) is 0. The Morgan fingerprint density at radius 1 is 1.44 bits per heavy atom. The molecule has 0 aromatic carbocycles. The first-order chi connectivity index (χ1) is 4.20. The van der Waals surface area contributed by atoms with E-state index in [-0.39, 0.29) is 0 Å². The van der Waals surface area contributed by atoms with Gasteiger partial charge in [0.2, 0.25) is 0 Å². The number of aromatic nitrogens is 2. The first kappa shape index (κ1) is 6.89. The van der Waals surface area contributed by atoms with Gasteiger partial charge in [0, 0.05) is 5.92 Å². The zero-order chi connectivity index (χ0) is 6.85. The third-order valence-corrected chi connectivity index (χ3v) is 2.38. The molecule has 0 amide bonds. The number of hydrogen-bond donors (Lipinski definition) is 0. The molecule has 0 saturated heterocycles. The third-order valence-electron chi connectivity index (χ3n) is 0.935.